The summed E-state index contributed by atoms with van der Waals surface area (Å²) in [7, 11) is 0. The summed E-state index contributed by atoms with van der Waals surface area (Å²) in [6, 6.07) is 14.0. The van der Waals surface area contributed by atoms with Gasteiger partial charge in [0.05, 0.1) is 31.5 Å². The minimum Gasteiger partial charge on any atom is -0.444 e. The fraction of sp³-hybridized carbons (Fsp3) is 0.375. The Kier molecular flexibility index (Phi) is 7.34. The number of hydrogen-bond acceptors (Lipinski definition) is 6. The van der Waals surface area contributed by atoms with Crippen LogP contribution >= 0.6 is 0 Å². The summed E-state index contributed by atoms with van der Waals surface area (Å²) in [5.74, 6) is 2.33. The van der Waals surface area contributed by atoms with Crippen LogP contribution in [0, 0.1) is 0 Å². The first-order chi connectivity index (χ1) is 15.7. The quantitative estimate of drug-likeness (QED) is 0.436. The lowest BCUT2D eigenvalue weighted by Gasteiger charge is -2.32. The van der Waals surface area contributed by atoms with Crippen LogP contribution in [-0.4, -0.2) is 48.3 Å². The Morgan fingerprint density at radius 3 is 2.81 bits per heavy atom. The van der Waals surface area contributed by atoms with Crippen molar-refractivity contribution in [3.8, 4) is 11.5 Å². The van der Waals surface area contributed by atoms with Gasteiger partial charge in [0.25, 0.3) is 0 Å². The molecule has 1 aromatic carbocycles. The highest BCUT2D eigenvalue weighted by Gasteiger charge is 2.17. The lowest BCUT2D eigenvalue weighted by Crippen LogP contribution is -2.41. The Morgan fingerprint density at radius 2 is 2.06 bits per heavy atom. The van der Waals surface area contributed by atoms with Crippen LogP contribution in [0.3, 0.4) is 0 Å². The van der Waals surface area contributed by atoms with Gasteiger partial charge >= 0.3 is 0 Å². The van der Waals surface area contributed by atoms with E-state index >= 15 is 0 Å². The third-order valence-electron chi connectivity index (χ3n) is 5.15. The van der Waals surface area contributed by atoms with Crippen molar-refractivity contribution >= 4 is 11.8 Å². The fourth-order valence-corrected chi connectivity index (χ4v) is 3.51. The average Bonchev–Trinajstić information content (AvgIpc) is 3.31. The summed E-state index contributed by atoms with van der Waals surface area (Å²) < 4.78 is 11.2. The zero-order valence-electron chi connectivity index (χ0n) is 18.6. The van der Waals surface area contributed by atoms with Crippen molar-refractivity contribution in [1.82, 2.24) is 20.6 Å². The molecule has 0 aliphatic carbocycles. The Hall–Kier alpha value is -3.39. The standard InChI is InChI=1S/C24H30N6O2/c1-3-25-24(28-15-21-17-32-23(29-21)20-7-5-4-6-8-20)27-14-19-9-10-22(26-13-19)30-11-12-31-18(2)16-30/h4-10,13,17-18H,3,11-12,14-16H2,1-2H3,(H2,25,27,28). The molecule has 0 amide bonds. The molecule has 0 saturated carbocycles. The molecule has 168 valence electrons. The van der Waals surface area contributed by atoms with Gasteiger partial charge in [-0.1, -0.05) is 24.3 Å². The van der Waals surface area contributed by atoms with Crippen LogP contribution < -0.4 is 15.5 Å². The van der Waals surface area contributed by atoms with Crippen molar-refractivity contribution in [2.75, 3.05) is 31.1 Å². The highest BCUT2D eigenvalue weighted by atomic mass is 16.5. The average molecular weight is 435 g/mol. The van der Waals surface area contributed by atoms with E-state index < -0.39 is 0 Å². The molecule has 0 radical (unpaired) electrons. The predicted octanol–water partition coefficient (Wildman–Crippen LogP) is 3.22. The maximum atomic E-state index is 5.61. The van der Waals surface area contributed by atoms with E-state index in [9.17, 15) is 0 Å². The van der Waals surface area contributed by atoms with Crippen LogP contribution in [0.15, 0.2) is 64.3 Å². The fourth-order valence-electron chi connectivity index (χ4n) is 3.51. The van der Waals surface area contributed by atoms with Crippen molar-refractivity contribution in [1.29, 1.82) is 0 Å². The van der Waals surface area contributed by atoms with Crippen molar-refractivity contribution in [2.24, 2.45) is 4.99 Å². The molecule has 3 heterocycles. The third kappa shape index (κ3) is 5.85. The molecule has 4 rings (SSSR count). The van der Waals surface area contributed by atoms with Crippen LogP contribution in [-0.2, 0) is 17.8 Å². The molecule has 1 unspecified atom stereocenters. The van der Waals surface area contributed by atoms with Crippen molar-refractivity contribution < 1.29 is 9.15 Å². The number of aromatic nitrogens is 2. The van der Waals surface area contributed by atoms with Gasteiger partial charge in [-0.15, -0.1) is 0 Å². The molecule has 1 saturated heterocycles. The number of anilines is 1. The number of morpholine rings is 1. The Labute approximate surface area is 188 Å². The first-order valence-corrected chi connectivity index (χ1v) is 11.0. The Morgan fingerprint density at radius 1 is 1.19 bits per heavy atom. The molecule has 8 nitrogen and oxygen atoms in total. The predicted molar refractivity (Wildman–Crippen MR) is 125 cm³/mol. The van der Waals surface area contributed by atoms with E-state index in [1.807, 2.05) is 43.5 Å². The first-order valence-electron chi connectivity index (χ1n) is 11.0. The molecule has 2 aromatic heterocycles. The molecule has 32 heavy (non-hydrogen) atoms. The van der Waals surface area contributed by atoms with Gasteiger partial charge in [-0.05, 0) is 37.6 Å². The first kappa shape index (κ1) is 21.8. The molecule has 2 N–H and O–H groups in total. The van der Waals surface area contributed by atoms with Gasteiger partial charge < -0.3 is 24.7 Å². The smallest absolute Gasteiger partial charge is 0.226 e. The molecule has 1 aliphatic rings. The lowest BCUT2D eigenvalue weighted by atomic mass is 10.2. The minimum atomic E-state index is 0.233. The van der Waals surface area contributed by atoms with E-state index in [0.717, 1.165) is 54.8 Å². The van der Waals surface area contributed by atoms with Crippen molar-refractivity contribution in [3.05, 3.63) is 66.2 Å². The number of oxazole rings is 1. The second-order valence-corrected chi connectivity index (χ2v) is 7.71. The molecular weight excluding hydrogens is 404 g/mol. The molecule has 1 fully saturated rings. The van der Waals surface area contributed by atoms with Crippen molar-refractivity contribution in [3.63, 3.8) is 0 Å². The zero-order chi connectivity index (χ0) is 22.2. The number of ether oxygens (including phenoxy) is 1. The number of guanidine groups is 1. The summed E-state index contributed by atoms with van der Waals surface area (Å²) >= 11 is 0. The largest absolute Gasteiger partial charge is 0.444 e. The number of aliphatic imine (C=N–C) groups is 1. The van der Waals surface area contributed by atoms with Gasteiger partial charge in [0, 0.05) is 31.4 Å². The number of rotatable bonds is 7. The van der Waals surface area contributed by atoms with Crippen LogP contribution in [0.25, 0.3) is 11.5 Å². The van der Waals surface area contributed by atoms with E-state index in [2.05, 4.69) is 49.6 Å². The number of benzene rings is 1. The van der Waals surface area contributed by atoms with Crippen LogP contribution in [0.4, 0.5) is 5.82 Å². The molecule has 3 aromatic rings. The lowest BCUT2D eigenvalue weighted by molar-refractivity contribution is 0.0529. The van der Waals surface area contributed by atoms with Gasteiger partial charge in [0.1, 0.15) is 12.1 Å². The summed E-state index contributed by atoms with van der Waals surface area (Å²) in [5.41, 5.74) is 2.84. The van der Waals surface area contributed by atoms with E-state index in [1.54, 1.807) is 6.26 Å². The summed E-state index contributed by atoms with van der Waals surface area (Å²) in [6.07, 6.45) is 3.80. The molecule has 1 atom stereocenters. The van der Waals surface area contributed by atoms with E-state index in [-0.39, 0.29) is 6.10 Å². The summed E-state index contributed by atoms with van der Waals surface area (Å²) in [6.45, 7) is 8.44. The minimum absolute atomic E-state index is 0.233. The molecule has 0 bridgehead atoms. The second kappa shape index (κ2) is 10.8. The van der Waals surface area contributed by atoms with Gasteiger partial charge in [-0.2, -0.15) is 0 Å². The highest BCUT2D eigenvalue weighted by molar-refractivity contribution is 5.79. The maximum Gasteiger partial charge on any atom is 0.226 e. The normalized spacial score (nSPS) is 16.8. The number of nitrogens with zero attached hydrogens (tertiary/aromatic N) is 4. The van der Waals surface area contributed by atoms with E-state index in [0.29, 0.717) is 19.0 Å². The monoisotopic (exact) mass is 434 g/mol. The zero-order valence-corrected chi connectivity index (χ0v) is 18.6. The Balaban J connectivity index is 1.33. The molecule has 0 spiro atoms. The third-order valence-corrected chi connectivity index (χ3v) is 5.15. The van der Waals surface area contributed by atoms with Gasteiger partial charge in [0.2, 0.25) is 5.89 Å². The topological polar surface area (TPSA) is 87.8 Å². The molecule has 8 heteroatoms. The SMILES string of the molecule is CCNC(=NCc1ccc(N2CCOC(C)C2)nc1)NCc1coc(-c2ccccc2)n1. The van der Waals surface area contributed by atoms with Gasteiger partial charge in [-0.3, -0.25) is 0 Å². The number of pyridine rings is 1. The maximum absolute atomic E-state index is 5.61. The van der Waals surface area contributed by atoms with Crippen LogP contribution in [0.5, 0.6) is 0 Å². The highest BCUT2D eigenvalue weighted by Crippen LogP contribution is 2.18. The van der Waals surface area contributed by atoms with Crippen LogP contribution in [0.2, 0.25) is 0 Å². The molecular formula is C24H30N6O2. The van der Waals surface area contributed by atoms with Gasteiger partial charge in [-0.25, -0.2) is 15.0 Å². The second-order valence-electron chi connectivity index (χ2n) is 7.71. The van der Waals surface area contributed by atoms with E-state index in [1.165, 1.54) is 0 Å². The van der Waals surface area contributed by atoms with E-state index in [4.69, 9.17) is 9.15 Å². The van der Waals surface area contributed by atoms with Gasteiger partial charge in [0.15, 0.2) is 5.96 Å². The summed E-state index contributed by atoms with van der Waals surface area (Å²) in [5, 5.41) is 6.58. The van der Waals surface area contributed by atoms with Crippen LogP contribution in [0.1, 0.15) is 25.1 Å². The molecule has 1 aliphatic heterocycles. The number of nitrogens with one attached hydrogen (secondary N) is 2. The Bertz CT molecular complexity index is 1000. The summed E-state index contributed by atoms with van der Waals surface area (Å²) in [4.78, 5) is 16.1. The number of hydrogen-bond donors (Lipinski definition) is 2. The van der Waals surface area contributed by atoms with Crippen molar-refractivity contribution in [2.45, 2.75) is 33.0 Å².